The number of esters is 2. The van der Waals surface area contributed by atoms with Gasteiger partial charge in [-0.3, -0.25) is 0 Å². The zero-order valence-corrected chi connectivity index (χ0v) is 14.9. The number of nitrogens with two attached hydrogens (primary N) is 2. The Bertz CT molecular complexity index is 1020. The van der Waals surface area contributed by atoms with E-state index in [1.807, 2.05) is 0 Å². The molecule has 6 nitrogen and oxygen atoms in total. The molecular weight excluding hydrogens is 448 g/mol. The minimum Gasteiger partial charge on any atom is -0.458 e. The maximum Gasteiger partial charge on any atom is 0.344 e. The van der Waals surface area contributed by atoms with Crippen molar-refractivity contribution >= 4 is 17.6 Å². The van der Waals surface area contributed by atoms with Gasteiger partial charge in [0.1, 0.15) is 30.2 Å². The molecule has 0 heterocycles. The van der Waals surface area contributed by atoms with Gasteiger partial charge in [0.05, 0.1) is 5.57 Å². The summed E-state index contributed by atoms with van der Waals surface area (Å²) in [7, 11) is 0. The van der Waals surface area contributed by atoms with Crippen molar-refractivity contribution in [1.29, 1.82) is 0 Å². The fraction of sp³-hybridized carbons (Fsp3) is 0.176. The van der Waals surface area contributed by atoms with Crippen LogP contribution in [0.15, 0.2) is 34.8 Å². The Morgan fingerprint density at radius 3 is 1.81 bits per heavy atom. The molecule has 0 spiro atoms. The van der Waals surface area contributed by atoms with Crippen molar-refractivity contribution in [3.05, 3.63) is 63.7 Å². The first-order chi connectivity index (χ1) is 14.4. The standard InChI is InChI=1S/C17H10F8N2O4/c18-5-3-4(7(19)11(23)14(26)8(5)20)16(28)30-1-2-31-17(29)6-9(21)12(24)15(27)13(25)10(6)22/h3,5H,1-2,26-27H2. The van der Waals surface area contributed by atoms with Crippen molar-refractivity contribution in [2.75, 3.05) is 18.9 Å². The zero-order valence-electron chi connectivity index (χ0n) is 14.9. The normalized spacial score (nSPS) is 16.8. The molecule has 31 heavy (non-hydrogen) atoms. The van der Waals surface area contributed by atoms with E-state index in [4.69, 9.17) is 11.5 Å². The van der Waals surface area contributed by atoms with Gasteiger partial charge < -0.3 is 20.9 Å². The number of anilines is 1. The lowest BCUT2D eigenvalue weighted by atomic mass is 10.1. The van der Waals surface area contributed by atoms with Crippen LogP contribution in [0.1, 0.15) is 10.4 Å². The highest BCUT2D eigenvalue weighted by molar-refractivity contribution is 5.93. The highest BCUT2D eigenvalue weighted by Gasteiger charge is 2.32. The van der Waals surface area contributed by atoms with Crippen molar-refractivity contribution in [2.24, 2.45) is 5.73 Å². The van der Waals surface area contributed by atoms with Gasteiger partial charge in [-0.1, -0.05) is 0 Å². The number of nitrogen functional groups attached to an aromatic ring is 1. The van der Waals surface area contributed by atoms with E-state index in [2.05, 4.69) is 9.47 Å². The lowest BCUT2D eigenvalue weighted by Gasteiger charge is -2.10. The maximum atomic E-state index is 13.8. The Hall–Kier alpha value is -3.58. The number of hydrogen-bond acceptors (Lipinski definition) is 6. The number of carbonyl (C=O) groups is 2. The van der Waals surface area contributed by atoms with Crippen molar-refractivity contribution in [2.45, 2.75) is 6.17 Å². The van der Waals surface area contributed by atoms with E-state index < -0.39 is 94.6 Å². The molecule has 4 N–H and O–H groups in total. The van der Waals surface area contributed by atoms with Crippen molar-refractivity contribution in [1.82, 2.24) is 0 Å². The predicted molar refractivity (Wildman–Crippen MR) is 86.5 cm³/mol. The topological polar surface area (TPSA) is 105 Å². The number of carbonyl (C=O) groups excluding carboxylic acids is 2. The van der Waals surface area contributed by atoms with Gasteiger partial charge in [0.2, 0.25) is 0 Å². The van der Waals surface area contributed by atoms with E-state index in [-0.39, 0.29) is 6.08 Å². The van der Waals surface area contributed by atoms with Crippen LogP contribution in [-0.2, 0) is 14.3 Å². The molecule has 0 bridgehead atoms. The molecule has 1 aliphatic rings. The van der Waals surface area contributed by atoms with E-state index in [0.29, 0.717) is 0 Å². The number of ether oxygens (including phenoxy) is 2. The molecule has 1 unspecified atom stereocenters. The first kappa shape index (κ1) is 23.7. The Kier molecular flexibility index (Phi) is 6.92. The van der Waals surface area contributed by atoms with Gasteiger partial charge in [0.15, 0.2) is 46.9 Å². The molecule has 14 heteroatoms. The van der Waals surface area contributed by atoms with Crippen LogP contribution in [-0.4, -0.2) is 31.3 Å². The summed E-state index contributed by atoms with van der Waals surface area (Å²) in [5.74, 6) is -18.1. The second-order valence-corrected chi connectivity index (χ2v) is 5.69. The van der Waals surface area contributed by atoms with E-state index >= 15 is 0 Å². The molecule has 0 radical (unpaired) electrons. The Labute approximate surface area is 167 Å². The monoisotopic (exact) mass is 458 g/mol. The molecule has 1 aromatic rings. The number of allylic oxidation sites excluding steroid dienone is 3. The van der Waals surface area contributed by atoms with Gasteiger partial charge >= 0.3 is 11.9 Å². The quantitative estimate of drug-likeness (QED) is 0.231. The third-order valence-corrected chi connectivity index (χ3v) is 3.75. The molecule has 0 aliphatic heterocycles. The number of halogens is 8. The number of benzene rings is 1. The van der Waals surface area contributed by atoms with Crippen molar-refractivity contribution < 1.29 is 54.2 Å². The SMILES string of the molecule is NC1=C(F)C(F)C=C(C(=O)OCCOC(=O)c2c(F)c(F)c(N)c(F)c2F)C(F)=C1F. The van der Waals surface area contributed by atoms with Crippen LogP contribution in [0.3, 0.4) is 0 Å². The third kappa shape index (κ3) is 4.46. The molecule has 1 atom stereocenters. The summed E-state index contributed by atoms with van der Waals surface area (Å²) in [6, 6.07) is 0. The van der Waals surface area contributed by atoms with Crippen LogP contribution in [0.25, 0.3) is 0 Å². The third-order valence-electron chi connectivity index (χ3n) is 3.75. The summed E-state index contributed by atoms with van der Waals surface area (Å²) in [6.45, 7) is -1.96. The van der Waals surface area contributed by atoms with E-state index in [1.54, 1.807) is 0 Å². The molecular formula is C17H10F8N2O4. The zero-order chi connectivity index (χ0) is 23.6. The van der Waals surface area contributed by atoms with E-state index in [9.17, 15) is 44.7 Å². The number of hydrogen-bond donors (Lipinski definition) is 2. The second kappa shape index (κ2) is 9.06. The molecule has 0 aromatic heterocycles. The van der Waals surface area contributed by atoms with E-state index in [1.165, 1.54) is 0 Å². The molecule has 0 saturated heterocycles. The Morgan fingerprint density at radius 1 is 0.806 bits per heavy atom. The largest absolute Gasteiger partial charge is 0.458 e. The van der Waals surface area contributed by atoms with Crippen LogP contribution < -0.4 is 11.5 Å². The number of rotatable bonds is 5. The summed E-state index contributed by atoms with van der Waals surface area (Å²) in [5, 5.41) is 0. The lowest BCUT2D eigenvalue weighted by Crippen LogP contribution is -2.19. The first-order valence-electron chi connectivity index (χ1n) is 7.92. The molecule has 2 rings (SSSR count). The summed E-state index contributed by atoms with van der Waals surface area (Å²) in [4.78, 5) is 23.4. The average Bonchev–Trinajstić information content (AvgIpc) is 2.81. The molecule has 0 saturated carbocycles. The average molecular weight is 458 g/mol. The van der Waals surface area contributed by atoms with Crippen LogP contribution in [0.2, 0.25) is 0 Å². The first-order valence-corrected chi connectivity index (χ1v) is 7.92. The minimum atomic E-state index is -2.78. The van der Waals surface area contributed by atoms with Gasteiger partial charge in [-0.05, 0) is 6.08 Å². The van der Waals surface area contributed by atoms with Gasteiger partial charge in [0.25, 0.3) is 0 Å². The van der Waals surface area contributed by atoms with Crippen LogP contribution in [0.4, 0.5) is 40.8 Å². The van der Waals surface area contributed by atoms with Crippen LogP contribution in [0.5, 0.6) is 0 Å². The molecule has 168 valence electrons. The van der Waals surface area contributed by atoms with Gasteiger partial charge in [-0.2, -0.15) is 0 Å². The van der Waals surface area contributed by atoms with Gasteiger partial charge in [0, 0.05) is 0 Å². The Morgan fingerprint density at radius 2 is 1.29 bits per heavy atom. The predicted octanol–water partition coefficient (Wildman–Crippen LogP) is 3.09. The van der Waals surface area contributed by atoms with Crippen LogP contribution >= 0.6 is 0 Å². The fourth-order valence-corrected chi connectivity index (χ4v) is 2.19. The Balaban J connectivity index is 2.05. The molecule has 1 aliphatic carbocycles. The maximum absolute atomic E-state index is 13.8. The summed E-state index contributed by atoms with van der Waals surface area (Å²) in [5.41, 5.74) is 3.45. The lowest BCUT2D eigenvalue weighted by molar-refractivity contribution is -0.140. The number of alkyl halides is 1. The summed E-state index contributed by atoms with van der Waals surface area (Å²) >= 11 is 0. The van der Waals surface area contributed by atoms with Crippen LogP contribution in [0, 0.1) is 23.3 Å². The fourth-order valence-electron chi connectivity index (χ4n) is 2.19. The van der Waals surface area contributed by atoms with Crippen molar-refractivity contribution in [3.63, 3.8) is 0 Å². The van der Waals surface area contributed by atoms with Gasteiger partial charge in [-0.25, -0.2) is 44.7 Å². The van der Waals surface area contributed by atoms with Gasteiger partial charge in [-0.15, -0.1) is 0 Å². The van der Waals surface area contributed by atoms with Crippen molar-refractivity contribution in [3.8, 4) is 0 Å². The molecule has 0 amide bonds. The minimum absolute atomic E-state index is 0.0309. The summed E-state index contributed by atoms with van der Waals surface area (Å²) in [6.07, 6.45) is -2.75. The molecule has 0 fully saturated rings. The second-order valence-electron chi connectivity index (χ2n) is 5.69. The summed E-state index contributed by atoms with van der Waals surface area (Å²) < 4.78 is 117. The van der Waals surface area contributed by atoms with E-state index in [0.717, 1.165) is 0 Å². The molecule has 1 aromatic carbocycles. The highest BCUT2D eigenvalue weighted by atomic mass is 19.2. The smallest absolute Gasteiger partial charge is 0.344 e. The highest BCUT2D eigenvalue weighted by Crippen LogP contribution is 2.31.